The summed E-state index contributed by atoms with van der Waals surface area (Å²) in [6.07, 6.45) is 1.11. The molecule has 0 fully saturated rings. The van der Waals surface area contributed by atoms with Crippen molar-refractivity contribution in [2.24, 2.45) is 0 Å². The molecule has 1 rings (SSSR count). The lowest BCUT2D eigenvalue weighted by Gasteiger charge is -2.06. The Morgan fingerprint density at radius 1 is 1.45 bits per heavy atom. The molecule has 2 amide bonds. The van der Waals surface area contributed by atoms with E-state index in [1.165, 1.54) is 6.92 Å². The fourth-order valence-corrected chi connectivity index (χ4v) is 2.46. The highest BCUT2D eigenvalue weighted by molar-refractivity contribution is 7.92. The SMILES string of the molecule is Cc1nc(NC(=O)NS(=O)(=O)/C=C\CCl)nc(Cl)c1[N+](=O)[O-]. The molecule has 1 heterocycles. The molecule has 13 heteroatoms. The first kappa shape index (κ1) is 18.1. The van der Waals surface area contributed by atoms with E-state index in [0.29, 0.717) is 5.41 Å². The highest BCUT2D eigenvalue weighted by atomic mass is 35.5. The Hall–Kier alpha value is -1.98. The summed E-state index contributed by atoms with van der Waals surface area (Å²) >= 11 is 10.9. The number of anilines is 1. The number of nitrogens with zero attached hydrogens (tertiary/aromatic N) is 3. The van der Waals surface area contributed by atoms with Crippen LogP contribution in [0.2, 0.25) is 5.15 Å². The molecule has 0 unspecified atom stereocenters. The maximum atomic E-state index is 11.5. The van der Waals surface area contributed by atoms with Crippen LogP contribution in [0.3, 0.4) is 0 Å². The summed E-state index contributed by atoms with van der Waals surface area (Å²) < 4.78 is 24.4. The van der Waals surface area contributed by atoms with E-state index in [2.05, 4.69) is 9.97 Å². The molecule has 0 saturated heterocycles. The molecular formula is C9H9Cl2N5O5S. The van der Waals surface area contributed by atoms with Crippen LogP contribution in [0.25, 0.3) is 0 Å². The van der Waals surface area contributed by atoms with Crippen LogP contribution in [-0.2, 0) is 10.0 Å². The first-order chi connectivity index (χ1) is 10.2. The normalized spacial score (nSPS) is 11.4. The van der Waals surface area contributed by atoms with Gasteiger partial charge in [-0.05, 0) is 6.92 Å². The lowest BCUT2D eigenvalue weighted by Crippen LogP contribution is -2.33. The van der Waals surface area contributed by atoms with Gasteiger partial charge in [-0.3, -0.25) is 15.4 Å². The molecule has 1 aromatic rings. The van der Waals surface area contributed by atoms with E-state index in [0.717, 1.165) is 6.08 Å². The van der Waals surface area contributed by atoms with Gasteiger partial charge in [0.1, 0.15) is 5.69 Å². The van der Waals surface area contributed by atoms with Gasteiger partial charge in [0, 0.05) is 11.3 Å². The van der Waals surface area contributed by atoms with Gasteiger partial charge in [0.25, 0.3) is 10.0 Å². The first-order valence-electron chi connectivity index (χ1n) is 5.41. The molecule has 0 saturated carbocycles. The Morgan fingerprint density at radius 3 is 2.59 bits per heavy atom. The van der Waals surface area contributed by atoms with Gasteiger partial charge in [0.2, 0.25) is 11.1 Å². The Balaban J connectivity index is 2.90. The third-order valence-electron chi connectivity index (χ3n) is 2.02. The number of nitrogens with one attached hydrogen (secondary N) is 2. The van der Waals surface area contributed by atoms with E-state index in [4.69, 9.17) is 23.2 Å². The van der Waals surface area contributed by atoms with E-state index in [-0.39, 0.29) is 17.5 Å². The van der Waals surface area contributed by atoms with Crippen LogP contribution >= 0.6 is 23.2 Å². The average Bonchev–Trinajstić information content (AvgIpc) is 2.34. The topological polar surface area (TPSA) is 144 Å². The van der Waals surface area contributed by atoms with E-state index in [9.17, 15) is 23.3 Å². The molecule has 0 bridgehead atoms. The zero-order valence-corrected chi connectivity index (χ0v) is 13.2. The summed E-state index contributed by atoms with van der Waals surface area (Å²) in [5, 5.41) is 12.9. The number of aromatic nitrogens is 2. The van der Waals surface area contributed by atoms with Crippen molar-refractivity contribution in [3.8, 4) is 0 Å². The minimum absolute atomic E-state index is 0.0528. The molecule has 0 aliphatic carbocycles. The van der Waals surface area contributed by atoms with Crippen molar-refractivity contribution in [1.82, 2.24) is 14.7 Å². The van der Waals surface area contributed by atoms with Crippen LogP contribution in [0, 0.1) is 17.0 Å². The van der Waals surface area contributed by atoms with Gasteiger partial charge in [-0.1, -0.05) is 17.7 Å². The number of aryl methyl sites for hydroxylation is 1. The Morgan fingerprint density at radius 2 is 2.09 bits per heavy atom. The van der Waals surface area contributed by atoms with Crippen LogP contribution in [0.1, 0.15) is 5.69 Å². The third kappa shape index (κ3) is 5.09. The number of halogens is 2. The summed E-state index contributed by atoms with van der Waals surface area (Å²) in [4.78, 5) is 28.6. The quantitative estimate of drug-likeness (QED) is 0.346. The second kappa shape index (κ2) is 7.33. The van der Waals surface area contributed by atoms with Crippen LogP contribution in [0.4, 0.5) is 16.4 Å². The molecule has 0 radical (unpaired) electrons. The monoisotopic (exact) mass is 369 g/mol. The summed E-state index contributed by atoms with van der Waals surface area (Å²) in [7, 11) is -4.03. The summed E-state index contributed by atoms with van der Waals surface area (Å²) in [5.41, 5.74) is -0.601. The van der Waals surface area contributed by atoms with Crippen LogP contribution in [0.15, 0.2) is 11.5 Å². The molecule has 0 atom stereocenters. The number of sulfonamides is 1. The van der Waals surface area contributed by atoms with Crippen molar-refractivity contribution in [2.75, 3.05) is 11.2 Å². The molecule has 0 aromatic carbocycles. The second-order valence-electron chi connectivity index (χ2n) is 3.66. The molecule has 10 nitrogen and oxygen atoms in total. The van der Waals surface area contributed by atoms with Gasteiger partial charge in [-0.2, -0.15) is 4.98 Å². The van der Waals surface area contributed by atoms with Gasteiger partial charge < -0.3 is 0 Å². The number of hydrogen-bond donors (Lipinski definition) is 2. The smallest absolute Gasteiger partial charge is 0.275 e. The van der Waals surface area contributed by atoms with E-state index < -0.39 is 31.8 Å². The van der Waals surface area contributed by atoms with Crippen molar-refractivity contribution in [3.63, 3.8) is 0 Å². The highest BCUT2D eigenvalue weighted by Gasteiger charge is 2.21. The zero-order valence-electron chi connectivity index (χ0n) is 10.9. The standard InChI is InChI=1S/C9H9Cl2N5O5S/c1-5-6(16(18)19)7(11)13-8(12-5)14-9(17)15-22(20,21)4-2-3-10/h2,4H,3H2,1H3,(H2,12,13,14,15,17)/b4-2-. The predicted molar refractivity (Wildman–Crippen MR) is 79.4 cm³/mol. The molecule has 0 aliphatic heterocycles. The number of amides is 2. The van der Waals surface area contributed by atoms with Gasteiger partial charge in [0.15, 0.2) is 0 Å². The minimum Gasteiger partial charge on any atom is -0.275 e. The maximum Gasteiger partial charge on any atom is 0.335 e. The minimum atomic E-state index is -4.03. The van der Waals surface area contributed by atoms with Gasteiger partial charge in [-0.15, -0.1) is 11.6 Å². The molecule has 2 N–H and O–H groups in total. The van der Waals surface area contributed by atoms with Crippen molar-refractivity contribution >= 4 is 50.9 Å². The van der Waals surface area contributed by atoms with Gasteiger partial charge in [-0.25, -0.2) is 22.9 Å². The van der Waals surface area contributed by atoms with Crippen molar-refractivity contribution in [2.45, 2.75) is 6.92 Å². The van der Waals surface area contributed by atoms with Crippen molar-refractivity contribution < 1.29 is 18.1 Å². The number of urea groups is 1. The van der Waals surface area contributed by atoms with E-state index in [1.807, 2.05) is 5.32 Å². The lowest BCUT2D eigenvalue weighted by molar-refractivity contribution is -0.385. The maximum absolute atomic E-state index is 11.5. The molecule has 120 valence electrons. The number of carbonyl (C=O) groups is 1. The Bertz CT molecular complexity index is 713. The number of nitro groups is 1. The fourth-order valence-electron chi connectivity index (χ4n) is 1.25. The van der Waals surface area contributed by atoms with Crippen LogP contribution in [0.5, 0.6) is 0 Å². The Kier molecular flexibility index (Phi) is 6.02. The summed E-state index contributed by atoms with van der Waals surface area (Å²) in [6, 6.07) is -1.16. The molecule has 0 spiro atoms. The number of carbonyl (C=O) groups excluding carboxylic acids is 1. The van der Waals surface area contributed by atoms with E-state index >= 15 is 0 Å². The average molecular weight is 370 g/mol. The predicted octanol–water partition coefficient (Wildman–Crippen LogP) is 1.55. The third-order valence-corrected chi connectivity index (χ3v) is 3.49. The number of alkyl halides is 1. The van der Waals surface area contributed by atoms with Gasteiger partial charge in [0.05, 0.1) is 4.92 Å². The summed E-state index contributed by atoms with van der Waals surface area (Å²) in [5.74, 6) is -0.440. The van der Waals surface area contributed by atoms with E-state index in [1.54, 1.807) is 4.72 Å². The number of rotatable bonds is 5. The number of allylic oxidation sites excluding steroid dienone is 1. The largest absolute Gasteiger partial charge is 0.335 e. The zero-order chi connectivity index (χ0) is 16.9. The van der Waals surface area contributed by atoms with Crippen molar-refractivity contribution in [1.29, 1.82) is 0 Å². The highest BCUT2D eigenvalue weighted by Crippen LogP contribution is 2.25. The molecular weight excluding hydrogens is 361 g/mol. The fraction of sp³-hybridized carbons (Fsp3) is 0.222. The Labute approximate surface area is 134 Å². The van der Waals surface area contributed by atoms with Crippen molar-refractivity contribution in [3.05, 3.63) is 32.4 Å². The van der Waals surface area contributed by atoms with Crippen LogP contribution in [-0.4, -0.2) is 35.2 Å². The van der Waals surface area contributed by atoms with Crippen LogP contribution < -0.4 is 10.0 Å². The lowest BCUT2D eigenvalue weighted by atomic mass is 10.4. The molecule has 1 aromatic heterocycles. The van der Waals surface area contributed by atoms with Gasteiger partial charge >= 0.3 is 11.7 Å². The first-order valence-corrected chi connectivity index (χ1v) is 7.87. The molecule has 22 heavy (non-hydrogen) atoms. The summed E-state index contributed by atoms with van der Waals surface area (Å²) in [6.45, 7) is 1.29. The second-order valence-corrected chi connectivity index (χ2v) is 5.89. The molecule has 0 aliphatic rings. The number of hydrogen-bond acceptors (Lipinski definition) is 7.